The van der Waals surface area contributed by atoms with E-state index in [1.807, 2.05) is 61.7 Å². The molecule has 2 saturated heterocycles. The number of hydrogen-bond donors (Lipinski definition) is 3. The van der Waals surface area contributed by atoms with Gasteiger partial charge in [0, 0.05) is 78.3 Å². The van der Waals surface area contributed by atoms with Crippen LogP contribution in [0.15, 0.2) is 102 Å². The zero-order valence-electron chi connectivity index (χ0n) is 32.7. The highest BCUT2D eigenvalue weighted by molar-refractivity contribution is 7.90. The van der Waals surface area contributed by atoms with Gasteiger partial charge >= 0.3 is 0 Å². The summed E-state index contributed by atoms with van der Waals surface area (Å²) in [6.07, 6.45) is 8.53. The number of piperazine rings is 1. The summed E-state index contributed by atoms with van der Waals surface area (Å²) < 4.78 is 36.2. The van der Waals surface area contributed by atoms with Crippen molar-refractivity contribution in [3.63, 3.8) is 0 Å². The Bertz CT molecular complexity index is 2380. The molecule has 0 spiro atoms. The quantitative estimate of drug-likeness (QED) is 0.122. The number of aromatic amines is 1. The molecule has 5 aromatic rings. The van der Waals surface area contributed by atoms with E-state index >= 15 is 0 Å². The number of aromatic nitrogens is 1. The highest BCUT2D eigenvalue weighted by Crippen LogP contribution is 2.36. The monoisotopic (exact) mass is 806 g/mol. The molecular weight excluding hydrogens is 756 g/mol. The van der Waals surface area contributed by atoms with Gasteiger partial charge in [-0.25, -0.2) is 13.1 Å². The molecule has 8 rings (SSSR count). The molecule has 0 unspecified atom stereocenters. The number of allylic oxidation sites excluding steroid dienone is 1. The van der Waals surface area contributed by atoms with Gasteiger partial charge in [-0.2, -0.15) is 0 Å². The van der Waals surface area contributed by atoms with Crippen molar-refractivity contribution < 1.29 is 17.9 Å². The molecule has 57 heavy (non-hydrogen) atoms. The van der Waals surface area contributed by atoms with Crippen molar-refractivity contribution >= 4 is 55.4 Å². The number of nitrogens with one attached hydrogen (secondary N) is 3. The molecule has 2 fully saturated rings. The van der Waals surface area contributed by atoms with Crippen LogP contribution in [-0.2, 0) is 10.0 Å². The second-order valence-corrected chi connectivity index (χ2v) is 17.8. The van der Waals surface area contributed by atoms with Gasteiger partial charge < -0.3 is 24.8 Å². The van der Waals surface area contributed by atoms with Gasteiger partial charge in [-0.05, 0) is 143 Å². The number of nitrogens with zero attached hydrogens (tertiary/aromatic N) is 3. The Morgan fingerprint density at radius 2 is 1.65 bits per heavy atom. The second-order valence-electron chi connectivity index (χ2n) is 15.7. The first-order valence-electron chi connectivity index (χ1n) is 20.0. The van der Waals surface area contributed by atoms with Crippen molar-refractivity contribution in [1.29, 1.82) is 0 Å². The van der Waals surface area contributed by atoms with Crippen LogP contribution in [0, 0.1) is 6.92 Å². The molecule has 3 heterocycles. The first-order chi connectivity index (χ1) is 27.6. The Hall–Kier alpha value is -4.81. The zero-order valence-corrected chi connectivity index (χ0v) is 34.3. The van der Waals surface area contributed by atoms with E-state index in [1.165, 1.54) is 29.6 Å². The number of anilines is 2. The number of hydrogen-bond acceptors (Lipinski definition) is 8. The maximum atomic E-state index is 13.9. The van der Waals surface area contributed by atoms with Crippen LogP contribution in [0.5, 0.6) is 11.5 Å². The first kappa shape index (κ1) is 39.0. The lowest BCUT2D eigenvalue weighted by molar-refractivity contribution is 0.0979. The fraction of sp³-hybridized carbons (Fsp3) is 0.356. The third-order valence-corrected chi connectivity index (χ3v) is 13.3. The average molecular weight is 807 g/mol. The summed E-state index contributed by atoms with van der Waals surface area (Å²) in [5.41, 5.74) is 7.89. The molecule has 1 aromatic heterocycles. The van der Waals surface area contributed by atoms with Crippen LogP contribution in [0.1, 0.15) is 60.0 Å². The zero-order chi connectivity index (χ0) is 39.5. The van der Waals surface area contributed by atoms with Crippen LogP contribution in [0.25, 0.3) is 16.5 Å². The van der Waals surface area contributed by atoms with Crippen molar-refractivity contribution in [1.82, 2.24) is 19.5 Å². The minimum Gasteiger partial charge on any atom is -0.456 e. The molecule has 0 radical (unpaired) electrons. The van der Waals surface area contributed by atoms with Crippen LogP contribution in [0.2, 0.25) is 5.02 Å². The van der Waals surface area contributed by atoms with Crippen LogP contribution < -0.4 is 19.7 Å². The van der Waals surface area contributed by atoms with E-state index in [0.29, 0.717) is 11.8 Å². The van der Waals surface area contributed by atoms with E-state index in [2.05, 4.69) is 48.9 Å². The number of piperidine rings is 1. The number of rotatable bonds is 11. The number of H-pyrrole nitrogens is 1. The smallest absolute Gasteiger partial charge is 0.268 e. The standard InChI is InChI=1S/C45H51ClN6O4S/c1-31-28-37(15-17-41(31)48-35-19-22-50(2)23-20-35)57(54,55)49-45(53)40-16-14-36(29-44(40)56-43-9-5-8-42-39(43)18-21-47-42)52-26-24-51(25-27-52)30-33-6-3-4-7-38(33)32-10-12-34(46)13-11-32/h5,8-18,21,28-29,35,47-48H,3-4,6-7,19-20,22-27,30H2,1-2H3,(H,49,53). The third kappa shape index (κ3) is 9.02. The third-order valence-electron chi connectivity index (χ3n) is 11.7. The lowest BCUT2D eigenvalue weighted by Gasteiger charge is -2.37. The molecule has 0 bridgehead atoms. The maximum absolute atomic E-state index is 13.9. The Kier molecular flexibility index (Phi) is 11.6. The summed E-state index contributed by atoms with van der Waals surface area (Å²) in [6, 6.07) is 26.6. The molecule has 3 aliphatic rings. The molecular formula is C45H51ClN6O4S. The van der Waals surface area contributed by atoms with Crippen molar-refractivity contribution in [3.05, 3.63) is 118 Å². The number of carbonyl (C=O) groups excluding carboxylic acids is 1. The number of ether oxygens (including phenoxy) is 1. The first-order valence-corrected chi connectivity index (χ1v) is 21.9. The molecule has 298 valence electrons. The molecule has 12 heteroatoms. The Morgan fingerprint density at radius 1 is 0.877 bits per heavy atom. The predicted molar refractivity (Wildman–Crippen MR) is 230 cm³/mol. The number of likely N-dealkylation sites (tertiary alicyclic amines) is 1. The minimum absolute atomic E-state index is 0.0283. The van der Waals surface area contributed by atoms with Gasteiger partial charge in [0.2, 0.25) is 0 Å². The lowest BCUT2D eigenvalue weighted by Crippen LogP contribution is -2.47. The molecule has 3 N–H and O–H groups in total. The van der Waals surface area contributed by atoms with Crippen molar-refractivity contribution in [3.8, 4) is 11.5 Å². The van der Waals surface area contributed by atoms with Crippen LogP contribution in [0.3, 0.4) is 0 Å². The highest BCUT2D eigenvalue weighted by Gasteiger charge is 2.26. The number of aryl methyl sites for hydroxylation is 1. The van der Waals surface area contributed by atoms with Gasteiger partial charge in [-0.15, -0.1) is 0 Å². The van der Waals surface area contributed by atoms with Crippen molar-refractivity contribution in [2.75, 3.05) is 63.1 Å². The molecule has 0 saturated carbocycles. The Morgan fingerprint density at radius 3 is 2.42 bits per heavy atom. The summed E-state index contributed by atoms with van der Waals surface area (Å²) in [4.78, 5) is 24.3. The van der Waals surface area contributed by atoms with Crippen LogP contribution in [-0.4, -0.2) is 88.0 Å². The molecule has 2 aliphatic heterocycles. The van der Waals surface area contributed by atoms with Gasteiger partial charge in [0.25, 0.3) is 15.9 Å². The van der Waals surface area contributed by atoms with E-state index in [1.54, 1.807) is 24.3 Å². The van der Waals surface area contributed by atoms with Crippen molar-refractivity contribution in [2.45, 2.75) is 56.4 Å². The second kappa shape index (κ2) is 17.0. The molecule has 0 atom stereocenters. The van der Waals surface area contributed by atoms with Gasteiger partial charge in [0.1, 0.15) is 11.5 Å². The van der Waals surface area contributed by atoms with E-state index in [9.17, 15) is 13.2 Å². The summed E-state index contributed by atoms with van der Waals surface area (Å²) >= 11 is 6.20. The summed E-state index contributed by atoms with van der Waals surface area (Å²) in [5, 5.41) is 5.19. The fourth-order valence-corrected chi connectivity index (χ4v) is 9.57. The van der Waals surface area contributed by atoms with E-state index in [4.69, 9.17) is 16.3 Å². The summed E-state index contributed by atoms with van der Waals surface area (Å²) in [5.74, 6) is 0.0874. The Balaban J connectivity index is 0.996. The average Bonchev–Trinajstić information content (AvgIpc) is 3.70. The number of amides is 1. The lowest BCUT2D eigenvalue weighted by atomic mass is 9.87. The number of carbonyl (C=O) groups is 1. The highest BCUT2D eigenvalue weighted by atomic mass is 35.5. The predicted octanol–water partition coefficient (Wildman–Crippen LogP) is 8.70. The SMILES string of the molecule is Cc1cc(S(=O)(=O)NC(=O)c2ccc(N3CCN(CC4=C(c5ccc(Cl)cc5)CCCC4)CC3)cc2Oc2cccc3[nH]ccc23)ccc1NC1CCN(C)CC1. The number of fused-ring (bicyclic) bond motifs is 1. The van der Waals surface area contributed by atoms with Gasteiger partial charge in [0.05, 0.1) is 10.5 Å². The fourth-order valence-electron chi connectivity index (χ4n) is 8.39. The number of sulfonamides is 1. The van der Waals surface area contributed by atoms with Gasteiger partial charge in [-0.3, -0.25) is 9.69 Å². The topological polar surface area (TPSA) is 110 Å². The van der Waals surface area contributed by atoms with Crippen molar-refractivity contribution in [2.24, 2.45) is 0 Å². The number of benzene rings is 4. The molecule has 4 aromatic carbocycles. The molecule has 10 nitrogen and oxygen atoms in total. The number of halogens is 1. The Labute approximate surface area is 340 Å². The molecule has 1 amide bonds. The maximum Gasteiger partial charge on any atom is 0.268 e. The summed E-state index contributed by atoms with van der Waals surface area (Å²) in [7, 11) is -2.07. The van der Waals surface area contributed by atoms with Gasteiger partial charge in [0.15, 0.2) is 0 Å². The molecule has 1 aliphatic carbocycles. The largest absolute Gasteiger partial charge is 0.456 e. The van der Waals surface area contributed by atoms with Crippen LogP contribution in [0.4, 0.5) is 11.4 Å². The van der Waals surface area contributed by atoms with E-state index < -0.39 is 15.9 Å². The normalized spacial score (nSPS) is 17.6. The van der Waals surface area contributed by atoms with E-state index in [0.717, 1.165) is 104 Å². The van der Waals surface area contributed by atoms with E-state index in [-0.39, 0.29) is 16.2 Å². The van der Waals surface area contributed by atoms with Crippen LogP contribution >= 0.6 is 11.6 Å². The minimum atomic E-state index is -4.20. The van der Waals surface area contributed by atoms with Gasteiger partial charge in [-0.1, -0.05) is 35.4 Å². The summed E-state index contributed by atoms with van der Waals surface area (Å²) in [6.45, 7) is 8.26.